The molecule has 0 saturated heterocycles. The maximum atomic E-state index is 12.8. The Morgan fingerprint density at radius 1 is 1.19 bits per heavy atom. The lowest BCUT2D eigenvalue weighted by atomic mass is 9.89. The molecule has 0 spiro atoms. The minimum Gasteiger partial charge on any atom is -0.460 e. The Morgan fingerprint density at radius 2 is 1.73 bits per heavy atom. The van der Waals surface area contributed by atoms with E-state index in [9.17, 15) is 9.59 Å². The van der Waals surface area contributed by atoms with Crippen molar-refractivity contribution >= 4 is 11.9 Å². The zero-order valence-corrected chi connectivity index (χ0v) is 17.6. The van der Waals surface area contributed by atoms with Crippen molar-refractivity contribution in [3.8, 4) is 0 Å². The molecule has 0 aromatic rings. The van der Waals surface area contributed by atoms with Crippen LogP contribution in [0.5, 0.6) is 0 Å². The SMILES string of the molecule is CO[C@H](CC(=O)OC(C)(C)C)[C@H](C1CCCC1)N(C)C(=O)C(N)C(C)C. The van der Waals surface area contributed by atoms with Gasteiger partial charge in [-0.3, -0.25) is 9.59 Å². The second-order valence-electron chi connectivity index (χ2n) is 8.82. The van der Waals surface area contributed by atoms with Gasteiger partial charge in [0.2, 0.25) is 5.91 Å². The van der Waals surface area contributed by atoms with Gasteiger partial charge in [-0.2, -0.15) is 0 Å². The summed E-state index contributed by atoms with van der Waals surface area (Å²) in [6.45, 7) is 9.42. The number of hydrogen-bond acceptors (Lipinski definition) is 5. The van der Waals surface area contributed by atoms with Gasteiger partial charge in [-0.05, 0) is 45.4 Å². The van der Waals surface area contributed by atoms with Gasteiger partial charge in [0.25, 0.3) is 0 Å². The first kappa shape index (κ1) is 22.9. The third kappa shape index (κ3) is 6.54. The maximum absolute atomic E-state index is 12.8. The number of likely N-dealkylation sites (N-methyl/N-ethyl adjacent to an activating group) is 1. The zero-order chi connectivity index (χ0) is 20.1. The summed E-state index contributed by atoms with van der Waals surface area (Å²) in [7, 11) is 3.38. The molecule has 26 heavy (non-hydrogen) atoms. The van der Waals surface area contributed by atoms with Gasteiger partial charge >= 0.3 is 5.97 Å². The number of carbonyl (C=O) groups excluding carboxylic acids is 2. The highest BCUT2D eigenvalue weighted by atomic mass is 16.6. The Labute approximate surface area is 158 Å². The fourth-order valence-electron chi connectivity index (χ4n) is 3.73. The lowest BCUT2D eigenvalue weighted by molar-refractivity contribution is -0.160. The third-order valence-corrected chi connectivity index (χ3v) is 5.15. The number of nitrogens with two attached hydrogens (primary N) is 1. The van der Waals surface area contributed by atoms with E-state index in [0.717, 1.165) is 25.7 Å². The van der Waals surface area contributed by atoms with Gasteiger partial charge in [-0.1, -0.05) is 26.7 Å². The molecule has 0 aromatic heterocycles. The van der Waals surface area contributed by atoms with Crippen molar-refractivity contribution in [3.05, 3.63) is 0 Å². The van der Waals surface area contributed by atoms with Gasteiger partial charge in [0, 0.05) is 14.2 Å². The molecule has 1 rings (SSSR count). The number of amides is 1. The molecular formula is C20H38N2O4. The molecule has 3 atom stereocenters. The monoisotopic (exact) mass is 370 g/mol. The second-order valence-corrected chi connectivity index (χ2v) is 8.82. The molecule has 6 nitrogen and oxygen atoms in total. The molecule has 152 valence electrons. The van der Waals surface area contributed by atoms with Gasteiger partial charge in [-0.25, -0.2) is 0 Å². The molecule has 1 aliphatic carbocycles. The van der Waals surface area contributed by atoms with E-state index in [1.54, 1.807) is 19.1 Å². The van der Waals surface area contributed by atoms with Crippen molar-refractivity contribution in [2.24, 2.45) is 17.6 Å². The van der Waals surface area contributed by atoms with Crippen molar-refractivity contribution in [2.75, 3.05) is 14.2 Å². The summed E-state index contributed by atoms with van der Waals surface area (Å²) in [5, 5.41) is 0. The molecular weight excluding hydrogens is 332 g/mol. The van der Waals surface area contributed by atoms with E-state index in [0.29, 0.717) is 5.92 Å². The third-order valence-electron chi connectivity index (χ3n) is 5.15. The average molecular weight is 371 g/mol. The van der Waals surface area contributed by atoms with Crippen LogP contribution in [-0.2, 0) is 19.1 Å². The van der Waals surface area contributed by atoms with Crippen molar-refractivity contribution in [2.45, 2.75) is 90.5 Å². The van der Waals surface area contributed by atoms with E-state index in [2.05, 4.69) is 0 Å². The van der Waals surface area contributed by atoms with E-state index in [1.807, 2.05) is 34.6 Å². The molecule has 0 aromatic carbocycles. The number of rotatable bonds is 8. The molecule has 2 N–H and O–H groups in total. The van der Waals surface area contributed by atoms with E-state index in [4.69, 9.17) is 15.2 Å². The van der Waals surface area contributed by atoms with Crippen molar-refractivity contribution in [3.63, 3.8) is 0 Å². The molecule has 0 heterocycles. The highest BCUT2D eigenvalue weighted by Gasteiger charge is 2.39. The normalized spacial score (nSPS) is 19.3. The van der Waals surface area contributed by atoms with Crippen molar-refractivity contribution in [1.29, 1.82) is 0 Å². The Bertz CT molecular complexity index is 467. The van der Waals surface area contributed by atoms with E-state index in [-0.39, 0.29) is 30.3 Å². The van der Waals surface area contributed by atoms with Gasteiger partial charge in [0.15, 0.2) is 0 Å². The quantitative estimate of drug-likeness (QED) is 0.664. The molecule has 6 heteroatoms. The Hall–Kier alpha value is -1.14. The van der Waals surface area contributed by atoms with Crippen LogP contribution in [0.15, 0.2) is 0 Å². The summed E-state index contributed by atoms with van der Waals surface area (Å²) in [5.74, 6) is -0.0266. The summed E-state index contributed by atoms with van der Waals surface area (Å²) in [5.41, 5.74) is 5.56. The smallest absolute Gasteiger partial charge is 0.309 e. The summed E-state index contributed by atoms with van der Waals surface area (Å²) in [4.78, 5) is 26.9. The zero-order valence-electron chi connectivity index (χ0n) is 17.6. The van der Waals surface area contributed by atoms with E-state index < -0.39 is 17.7 Å². The van der Waals surface area contributed by atoms with Crippen LogP contribution in [0.4, 0.5) is 0 Å². The van der Waals surface area contributed by atoms with Crippen LogP contribution in [0.1, 0.15) is 66.7 Å². The van der Waals surface area contributed by atoms with Crippen LogP contribution in [0.3, 0.4) is 0 Å². The summed E-state index contributed by atoms with van der Waals surface area (Å²) >= 11 is 0. The first-order chi connectivity index (χ1) is 12.0. The number of esters is 1. The van der Waals surface area contributed by atoms with Gasteiger partial charge in [0.05, 0.1) is 24.6 Å². The molecule has 0 bridgehead atoms. The van der Waals surface area contributed by atoms with Gasteiger partial charge < -0.3 is 20.1 Å². The predicted molar refractivity (Wildman–Crippen MR) is 103 cm³/mol. The fourth-order valence-corrected chi connectivity index (χ4v) is 3.73. The number of ether oxygens (including phenoxy) is 2. The van der Waals surface area contributed by atoms with Gasteiger partial charge in [-0.15, -0.1) is 0 Å². The topological polar surface area (TPSA) is 81.9 Å². The summed E-state index contributed by atoms with van der Waals surface area (Å²) < 4.78 is 11.1. The van der Waals surface area contributed by atoms with E-state index in [1.165, 1.54) is 0 Å². The maximum Gasteiger partial charge on any atom is 0.309 e. The highest BCUT2D eigenvalue weighted by Crippen LogP contribution is 2.33. The van der Waals surface area contributed by atoms with Crippen LogP contribution in [0, 0.1) is 11.8 Å². The Morgan fingerprint density at radius 3 is 2.15 bits per heavy atom. The second kappa shape index (κ2) is 9.70. The molecule has 0 aliphatic heterocycles. The number of nitrogens with zero attached hydrogens (tertiary/aromatic N) is 1. The Balaban J connectivity index is 2.99. The van der Waals surface area contributed by atoms with E-state index >= 15 is 0 Å². The Kier molecular flexibility index (Phi) is 8.54. The minimum absolute atomic E-state index is 0.0565. The van der Waals surface area contributed by atoms with Crippen molar-refractivity contribution in [1.82, 2.24) is 4.90 Å². The molecule has 1 amide bonds. The first-order valence-corrected chi connectivity index (χ1v) is 9.74. The first-order valence-electron chi connectivity index (χ1n) is 9.74. The predicted octanol–water partition coefficient (Wildman–Crippen LogP) is 2.73. The van der Waals surface area contributed by atoms with Crippen LogP contribution in [-0.4, -0.2) is 54.7 Å². The van der Waals surface area contributed by atoms with Crippen LogP contribution < -0.4 is 5.73 Å². The largest absolute Gasteiger partial charge is 0.460 e. The highest BCUT2D eigenvalue weighted by molar-refractivity contribution is 5.82. The molecule has 1 fully saturated rings. The molecule has 1 unspecified atom stereocenters. The number of hydrogen-bond donors (Lipinski definition) is 1. The minimum atomic E-state index is -0.553. The fraction of sp³-hybridized carbons (Fsp3) is 0.900. The number of carbonyl (C=O) groups is 2. The lowest BCUT2D eigenvalue weighted by Crippen LogP contribution is -2.55. The van der Waals surface area contributed by atoms with Crippen LogP contribution in [0.25, 0.3) is 0 Å². The summed E-state index contributed by atoms with van der Waals surface area (Å²) in [6, 6.07) is -0.727. The van der Waals surface area contributed by atoms with Crippen LogP contribution >= 0.6 is 0 Å². The summed E-state index contributed by atoms with van der Waals surface area (Å²) in [6.07, 6.45) is 4.08. The average Bonchev–Trinajstić information content (AvgIpc) is 3.04. The van der Waals surface area contributed by atoms with Crippen molar-refractivity contribution < 1.29 is 19.1 Å². The van der Waals surface area contributed by atoms with Gasteiger partial charge in [0.1, 0.15) is 5.60 Å². The molecule has 1 aliphatic rings. The number of methoxy groups -OCH3 is 1. The lowest BCUT2D eigenvalue weighted by Gasteiger charge is -2.39. The molecule has 1 saturated carbocycles. The standard InChI is InChI=1S/C20H38N2O4/c1-13(2)17(21)19(24)22(6)18(14-10-8-9-11-14)15(25-7)12-16(23)26-20(3,4)5/h13-15,17-18H,8-12,21H2,1-7H3/t15-,17?,18+/m1/s1. The van der Waals surface area contributed by atoms with Crippen LogP contribution in [0.2, 0.25) is 0 Å². The molecule has 0 radical (unpaired) electrons.